The topological polar surface area (TPSA) is 47.8 Å². The van der Waals surface area contributed by atoms with Crippen LogP contribution < -0.4 is 0 Å². The second-order valence-corrected chi connectivity index (χ2v) is 6.84. The zero-order valence-corrected chi connectivity index (χ0v) is 13.9. The van der Waals surface area contributed by atoms with Crippen LogP contribution in [-0.4, -0.2) is 32.5 Å². The Balaban J connectivity index is 2.02. The number of hydrogen-bond acceptors (Lipinski definition) is 3. The molecule has 6 heteroatoms. The van der Waals surface area contributed by atoms with Crippen LogP contribution in [0.5, 0.6) is 0 Å². The van der Waals surface area contributed by atoms with Gasteiger partial charge < -0.3 is 14.3 Å². The molecule has 0 spiro atoms. The number of rotatable bonds is 4. The number of nitrogens with one attached hydrogen (secondary N) is 1. The molecule has 0 unspecified atom stereocenters. The van der Waals surface area contributed by atoms with Gasteiger partial charge in [-0.3, -0.25) is 4.68 Å². The van der Waals surface area contributed by atoms with Crippen molar-refractivity contribution in [2.24, 2.45) is 12.5 Å². The Bertz CT molecular complexity index is 690. The van der Waals surface area contributed by atoms with Crippen LogP contribution in [0.1, 0.15) is 38.8 Å². The van der Waals surface area contributed by atoms with E-state index in [1.165, 1.54) is 0 Å². The quantitative estimate of drug-likeness (QED) is 0.882. The molecule has 0 atom stereocenters. The number of H-pyrrole nitrogens is 1. The molecule has 1 aliphatic heterocycles. The van der Waals surface area contributed by atoms with Gasteiger partial charge in [-0.05, 0) is 36.9 Å². The van der Waals surface area contributed by atoms with Crippen LogP contribution in [-0.2, 0) is 24.8 Å². The minimum atomic E-state index is 0.251. The van der Waals surface area contributed by atoms with Gasteiger partial charge in [-0.2, -0.15) is 5.10 Å². The van der Waals surface area contributed by atoms with Gasteiger partial charge in [0.1, 0.15) is 5.52 Å². The first-order valence-electron chi connectivity index (χ1n) is 7.76. The Morgan fingerprint density at radius 1 is 1.38 bits per heavy atom. The molecule has 0 radical (unpaired) electrons. The second-order valence-electron chi connectivity index (χ2n) is 6.46. The number of hydrogen-bond donors (Lipinski definition) is 1. The summed E-state index contributed by atoms with van der Waals surface area (Å²) >= 11 is 5.56. The SMILES string of the molecule is CCCc1nn(C)c2c1[nH]c(=S)n2CC1(C)CCOCC1. The van der Waals surface area contributed by atoms with Crippen LogP contribution in [0.2, 0.25) is 0 Å². The smallest absolute Gasteiger partial charge is 0.179 e. The van der Waals surface area contributed by atoms with E-state index in [1.54, 1.807) is 0 Å². The summed E-state index contributed by atoms with van der Waals surface area (Å²) in [7, 11) is 2.01. The van der Waals surface area contributed by atoms with Gasteiger partial charge in [0.25, 0.3) is 0 Å². The van der Waals surface area contributed by atoms with Crippen LogP contribution in [0.4, 0.5) is 0 Å². The summed E-state index contributed by atoms with van der Waals surface area (Å²) in [6.07, 6.45) is 4.24. The summed E-state index contributed by atoms with van der Waals surface area (Å²) in [5.74, 6) is 0. The normalized spacial score (nSPS) is 18.4. The molecule has 116 valence electrons. The Hall–Kier alpha value is -1.14. The molecule has 0 bridgehead atoms. The fourth-order valence-corrected chi connectivity index (χ4v) is 3.49. The molecule has 3 heterocycles. The highest BCUT2D eigenvalue weighted by Gasteiger charge is 2.29. The second kappa shape index (κ2) is 5.57. The first-order valence-corrected chi connectivity index (χ1v) is 8.17. The molecular weight excluding hydrogens is 284 g/mol. The minimum Gasteiger partial charge on any atom is -0.381 e. The van der Waals surface area contributed by atoms with Crippen LogP contribution >= 0.6 is 12.2 Å². The van der Waals surface area contributed by atoms with Gasteiger partial charge in [0.05, 0.1) is 5.69 Å². The first-order chi connectivity index (χ1) is 10.0. The largest absolute Gasteiger partial charge is 0.381 e. The number of ether oxygens (including phenoxy) is 1. The molecule has 0 amide bonds. The molecule has 0 aliphatic carbocycles. The van der Waals surface area contributed by atoms with E-state index < -0.39 is 0 Å². The van der Waals surface area contributed by atoms with Gasteiger partial charge in [-0.25, -0.2) is 0 Å². The Morgan fingerprint density at radius 3 is 2.76 bits per heavy atom. The lowest BCUT2D eigenvalue weighted by atomic mass is 9.82. The van der Waals surface area contributed by atoms with Gasteiger partial charge >= 0.3 is 0 Å². The van der Waals surface area contributed by atoms with E-state index in [0.717, 1.165) is 67.1 Å². The molecule has 5 nitrogen and oxygen atoms in total. The number of nitrogens with zero attached hydrogens (tertiary/aromatic N) is 3. The van der Waals surface area contributed by atoms with Gasteiger partial charge in [0, 0.05) is 26.8 Å². The third-order valence-electron chi connectivity index (χ3n) is 4.55. The summed E-state index contributed by atoms with van der Waals surface area (Å²) in [6.45, 7) is 7.14. The molecule has 1 fully saturated rings. The van der Waals surface area contributed by atoms with Crippen LogP contribution in [0.25, 0.3) is 11.2 Å². The van der Waals surface area contributed by atoms with Crippen molar-refractivity contribution in [2.75, 3.05) is 13.2 Å². The maximum atomic E-state index is 5.56. The third-order valence-corrected chi connectivity index (χ3v) is 4.87. The highest BCUT2D eigenvalue weighted by molar-refractivity contribution is 7.71. The van der Waals surface area contributed by atoms with E-state index in [1.807, 2.05) is 11.7 Å². The van der Waals surface area contributed by atoms with E-state index >= 15 is 0 Å². The van der Waals surface area contributed by atoms with Crippen molar-refractivity contribution in [1.29, 1.82) is 0 Å². The lowest BCUT2D eigenvalue weighted by Crippen LogP contribution is -2.31. The number of aryl methyl sites for hydroxylation is 2. The van der Waals surface area contributed by atoms with E-state index in [0.29, 0.717) is 0 Å². The molecule has 1 N–H and O–H groups in total. The van der Waals surface area contributed by atoms with Crippen molar-refractivity contribution in [3.63, 3.8) is 0 Å². The van der Waals surface area contributed by atoms with Gasteiger partial charge in [0.2, 0.25) is 0 Å². The summed E-state index contributed by atoms with van der Waals surface area (Å²) in [6, 6.07) is 0. The molecule has 2 aromatic rings. The fourth-order valence-electron chi connectivity index (χ4n) is 3.24. The van der Waals surface area contributed by atoms with Gasteiger partial charge in [0.15, 0.2) is 10.4 Å². The third kappa shape index (κ3) is 2.66. The molecule has 0 aromatic carbocycles. The van der Waals surface area contributed by atoms with Crippen molar-refractivity contribution < 1.29 is 4.74 Å². The maximum Gasteiger partial charge on any atom is 0.179 e. The molecule has 21 heavy (non-hydrogen) atoms. The van der Waals surface area contributed by atoms with Crippen molar-refractivity contribution in [3.05, 3.63) is 10.5 Å². The Morgan fingerprint density at radius 2 is 2.10 bits per heavy atom. The number of imidazole rings is 1. The van der Waals surface area contributed by atoms with Crippen LogP contribution in [0.3, 0.4) is 0 Å². The highest BCUT2D eigenvalue weighted by atomic mass is 32.1. The molecule has 1 aliphatic rings. The highest BCUT2D eigenvalue weighted by Crippen LogP contribution is 2.33. The maximum absolute atomic E-state index is 5.56. The van der Waals surface area contributed by atoms with E-state index in [4.69, 9.17) is 17.0 Å². The van der Waals surface area contributed by atoms with Gasteiger partial charge in [-0.15, -0.1) is 0 Å². The van der Waals surface area contributed by atoms with Crippen molar-refractivity contribution in [2.45, 2.75) is 46.1 Å². The average molecular weight is 308 g/mol. The monoisotopic (exact) mass is 308 g/mol. The summed E-state index contributed by atoms with van der Waals surface area (Å²) in [5, 5.41) is 4.65. The molecular formula is C15H24N4OS. The Kier molecular flexibility index (Phi) is 3.92. The van der Waals surface area contributed by atoms with Crippen molar-refractivity contribution >= 4 is 23.4 Å². The van der Waals surface area contributed by atoms with E-state index in [2.05, 4.69) is 28.5 Å². The first kappa shape index (κ1) is 14.8. The van der Waals surface area contributed by atoms with Crippen molar-refractivity contribution in [1.82, 2.24) is 19.3 Å². The molecule has 3 rings (SSSR count). The number of aromatic amines is 1. The van der Waals surface area contributed by atoms with Crippen LogP contribution in [0.15, 0.2) is 0 Å². The lowest BCUT2D eigenvalue weighted by Gasteiger charge is -2.33. The molecule has 1 saturated heterocycles. The molecule has 2 aromatic heterocycles. The lowest BCUT2D eigenvalue weighted by molar-refractivity contribution is 0.0157. The standard InChI is InChI=1S/C15H24N4OS/c1-4-5-11-12-13(18(3)17-11)19(14(21)16-12)10-15(2)6-8-20-9-7-15/h4-10H2,1-3H3,(H,16,21). The summed E-state index contributed by atoms with van der Waals surface area (Å²) < 4.78 is 10.5. The fraction of sp³-hybridized carbons (Fsp3) is 0.733. The number of fused-ring (bicyclic) bond motifs is 1. The Labute approximate surface area is 130 Å². The van der Waals surface area contributed by atoms with E-state index in [-0.39, 0.29) is 5.41 Å². The number of aromatic nitrogens is 4. The average Bonchev–Trinajstić information content (AvgIpc) is 2.90. The summed E-state index contributed by atoms with van der Waals surface area (Å²) in [5.41, 5.74) is 3.61. The minimum absolute atomic E-state index is 0.251. The van der Waals surface area contributed by atoms with Crippen LogP contribution in [0, 0.1) is 10.2 Å². The van der Waals surface area contributed by atoms with Crippen molar-refractivity contribution in [3.8, 4) is 0 Å². The summed E-state index contributed by atoms with van der Waals surface area (Å²) in [4.78, 5) is 3.37. The predicted molar refractivity (Wildman–Crippen MR) is 86.0 cm³/mol. The van der Waals surface area contributed by atoms with Gasteiger partial charge in [-0.1, -0.05) is 20.3 Å². The zero-order chi connectivity index (χ0) is 15.0. The molecule has 0 saturated carbocycles. The van der Waals surface area contributed by atoms with E-state index in [9.17, 15) is 0 Å². The predicted octanol–water partition coefficient (Wildman–Crippen LogP) is 3.20. The zero-order valence-electron chi connectivity index (χ0n) is 13.1.